The molecule has 122 valence electrons. The highest BCUT2D eigenvalue weighted by molar-refractivity contribution is 6.33. The molecule has 7 heteroatoms. The minimum Gasteiger partial charge on any atom is -0.495 e. The first-order chi connectivity index (χ1) is 11.1. The van der Waals surface area contributed by atoms with Crippen LogP contribution in [0.1, 0.15) is 10.5 Å². The number of methoxy groups -OCH3 is 1. The molecular weight excluding hydrogens is 316 g/mol. The summed E-state index contributed by atoms with van der Waals surface area (Å²) in [6, 6.07) is 7.92. The van der Waals surface area contributed by atoms with Crippen LogP contribution in [0.25, 0.3) is 0 Å². The van der Waals surface area contributed by atoms with E-state index in [9.17, 15) is 4.79 Å². The van der Waals surface area contributed by atoms with Gasteiger partial charge in [-0.3, -0.25) is 9.48 Å². The molecule has 1 amide bonds. The zero-order valence-corrected chi connectivity index (χ0v) is 14.0. The number of halogens is 1. The Morgan fingerprint density at radius 1 is 1.22 bits per heavy atom. The van der Waals surface area contributed by atoms with Crippen molar-refractivity contribution in [2.24, 2.45) is 7.05 Å². The van der Waals surface area contributed by atoms with E-state index in [1.165, 1.54) is 10.9 Å². The minimum absolute atomic E-state index is 0.0744. The van der Waals surface area contributed by atoms with Gasteiger partial charge in [-0.25, -0.2) is 0 Å². The molecule has 1 aliphatic rings. The first-order valence-corrected chi connectivity index (χ1v) is 7.84. The summed E-state index contributed by atoms with van der Waals surface area (Å²) in [5.74, 6) is 0.775. The normalized spacial score (nSPS) is 14.9. The maximum atomic E-state index is 12.6. The van der Waals surface area contributed by atoms with Crippen molar-refractivity contribution < 1.29 is 9.53 Å². The van der Waals surface area contributed by atoms with E-state index >= 15 is 0 Å². The standard InChI is InChI=1S/C16H19ClN4O2/c1-19-15(12(17)11-18-19)16(22)21-9-7-20(8-10-21)13-5-3-4-6-14(13)23-2/h3-6,11H,7-10H2,1-2H3. The number of nitrogens with zero attached hydrogens (tertiary/aromatic N) is 4. The maximum Gasteiger partial charge on any atom is 0.273 e. The lowest BCUT2D eigenvalue weighted by molar-refractivity contribution is 0.0736. The van der Waals surface area contributed by atoms with Gasteiger partial charge in [-0.1, -0.05) is 23.7 Å². The topological polar surface area (TPSA) is 50.6 Å². The number of carbonyl (C=O) groups excluding carboxylic acids is 1. The van der Waals surface area contributed by atoms with Crippen LogP contribution in [-0.4, -0.2) is 53.9 Å². The molecule has 0 atom stereocenters. The van der Waals surface area contributed by atoms with Crippen LogP contribution in [0.5, 0.6) is 5.75 Å². The summed E-state index contributed by atoms with van der Waals surface area (Å²) in [6.45, 7) is 2.78. The van der Waals surface area contributed by atoms with Gasteiger partial charge < -0.3 is 14.5 Å². The Labute approximate surface area is 140 Å². The van der Waals surface area contributed by atoms with E-state index in [0.29, 0.717) is 23.8 Å². The Hall–Kier alpha value is -2.21. The Morgan fingerprint density at radius 2 is 1.91 bits per heavy atom. The van der Waals surface area contributed by atoms with Gasteiger partial charge in [0.25, 0.3) is 5.91 Å². The number of aromatic nitrogens is 2. The van der Waals surface area contributed by atoms with E-state index in [2.05, 4.69) is 10.00 Å². The zero-order valence-electron chi connectivity index (χ0n) is 13.2. The second-order valence-corrected chi connectivity index (χ2v) is 5.82. The van der Waals surface area contributed by atoms with E-state index in [1.54, 1.807) is 14.2 Å². The van der Waals surface area contributed by atoms with E-state index in [4.69, 9.17) is 16.3 Å². The summed E-state index contributed by atoms with van der Waals surface area (Å²) in [4.78, 5) is 16.7. The second-order valence-electron chi connectivity index (χ2n) is 5.42. The summed E-state index contributed by atoms with van der Waals surface area (Å²) in [5.41, 5.74) is 1.50. The molecular formula is C16H19ClN4O2. The van der Waals surface area contributed by atoms with Crippen LogP contribution in [0, 0.1) is 0 Å². The Kier molecular flexibility index (Phi) is 4.43. The molecule has 2 heterocycles. The van der Waals surface area contributed by atoms with Gasteiger partial charge >= 0.3 is 0 Å². The molecule has 1 saturated heterocycles. The van der Waals surface area contributed by atoms with Crippen molar-refractivity contribution in [3.63, 3.8) is 0 Å². The molecule has 3 rings (SSSR count). The summed E-state index contributed by atoms with van der Waals surface area (Å²) in [7, 11) is 3.40. The molecule has 0 N–H and O–H groups in total. The summed E-state index contributed by atoms with van der Waals surface area (Å²) in [6.07, 6.45) is 1.50. The van der Waals surface area contributed by atoms with Crippen molar-refractivity contribution in [3.05, 3.63) is 41.2 Å². The van der Waals surface area contributed by atoms with Crippen LogP contribution in [0.4, 0.5) is 5.69 Å². The number of rotatable bonds is 3. The largest absolute Gasteiger partial charge is 0.495 e. The van der Waals surface area contributed by atoms with Crippen molar-refractivity contribution in [1.82, 2.24) is 14.7 Å². The molecule has 1 aromatic carbocycles. The molecule has 0 spiro atoms. The highest BCUT2D eigenvalue weighted by Crippen LogP contribution is 2.28. The molecule has 0 unspecified atom stereocenters. The summed E-state index contributed by atoms with van der Waals surface area (Å²) in [5, 5.41) is 4.42. The predicted molar refractivity (Wildman–Crippen MR) is 89.3 cm³/mol. The number of anilines is 1. The maximum absolute atomic E-state index is 12.6. The number of amides is 1. The van der Waals surface area contributed by atoms with Gasteiger partial charge in [0.05, 0.1) is 24.0 Å². The van der Waals surface area contributed by atoms with Crippen LogP contribution in [0.2, 0.25) is 5.02 Å². The van der Waals surface area contributed by atoms with Crippen LogP contribution in [0.15, 0.2) is 30.5 Å². The summed E-state index contributed by atoms with van der Waals surface area (Å²) < 4.78 is 6.94. The second kappa shape index (κ2) is 6.50. The number of para-hydroxylation sites is 2. The predicted octanol–water partition coefficient (Wildman–Crippen LogP) is 2.04. The van der Waals surface area contributed by atoms with E-state index in [0.717, 1.165) is 24.5 Å². The number of carbonyl (C=O) groups is 1. The molecule has 1 aliphatic heterocycles. The third kappa shape index (κ3) is 2.99. The molecule has 2 aromatic rings. The number of ether oxygens (including phenoxy) is 1. The fourth-order valence-electron chi connectivity index (χ4n) is 2.84. The van der Waals surface area contributed by atoms with Crippen LogP contribution in [-0.2, 0) is 7.05 Å². The van der Waals surface area contributed by atoms with Crippen LogP contribution >= 0.6 is 11.6 Å². The van der Waals surface area contributed by atoms with Crippen molar-refractivity contribution in [2.45, 2.75) is 0 Å². The van der Waals surface area contributed by atoms with Crippen molar-refractivity contribution >= 4 is 23.2 Å². The lowest BCUT2D eigenvalue weighted by Gasteiger charge is -2.36. The van der Waals surface area contributed by atoms with Gasteiger partial charge in [-0.15, -0.1) is 0 Å². The Morgan fingerprint density at radius 3 is 2.52 bits per heavy atom. The van der Waals surface area contributed by atoms with Crippen LogP contribution < -0.4 is 9.64 Å². The molecule has 0 radical (unpaired) electrons. The number of hydrogen-bond acceptors (Lipinski definition) is 4. The van der Waals surface area contributed by atoms with Crippen molar-refractivity contribution in [1.29, 1.82) is 0 Å². The number of piperazine rings is 1. The van der Waals surface area contributed by atoms with Gasteiger partial charge in [0.2, 0.25) is 0 Å². The van der Waals surface area contributed by atoms with Crippen molar-refractivity contribution in [2.75, 3.05) is 38.2 Å². The van der Waals surface area contributed by atoms with Gasteiger partial charge in [0.15, 0.2) is 0 Å². The van der Waals surface area contributed by atoms with E-state index in [-0.39, 0.29) is 5.91 Å². The van der Waals surface area contributed by atoms with Crippen LogP contribution in [0.3, 0.4) is 0 Å². The fourth-order valence-corrected chi connectivity index (χ4v) is 3.09. The quantitative estimate of drug-likeness (QED) is 0.862. The Bertz CT molecular complexity index is 688. The van der Waals surface area contributed by atoms with Gasteiger partial charge in [0.1, 0.15) is 11.4 Å². The van der Waals surface area contributed by atoms with Gasteiger partial charge in [-0.05, 0) is 12.1 Å². The lowest BCUT2D eigenvalue weighted by atomic mass is 10.2. The molecule has 0 saturated carbocycles. The number of benzene rings is 1. The minimum atomic E-state index is -0.0744. The molecule has 1 aromatic heterocycles. The lowest BCUT2D eigenvalue weighted by Crippen LogP contribution is -2.49. The first-order valence-electron chi connectivity index (χ1n) is 7.46. The molecule has 1 fully saturated rings. The van der Waals surface area contributed by atoms with E-state index in [1.807, 2.05) is 29.2 Å². The Balaban J connectivity index is 1.70. The van der Waals surface area contributed by atoms with Gasteiger partial charge in [-0.2, -0.15) is 5.10 Å². The monoisotopic (exact) mass is 334 g/mol. The smallest absolute Gasteiger partial charge is 0.273 e. The average Bonchev–Trinajstić information content (AvgIpc) is 2.93. The summed E-state index contributed by atoms with van der Waals surface area (Å²) >= 11 is 6.07. The molecule has 23 heavy (non-hydrogen) atoms. The first kappa shape index (κ1) is 15.7. The zero-order chi connectivity index (χ0) is 16.4. The van der Waals surface area contributed by atoms with Crippen molar-refractivity contribution in [3.8, 4) is 5.75 Å². The molecule has 0 aliphatic carbocycles. The SMILES string of the molecule is COc1ccccc1N1CCN(C(=O)c2c(Cl)cnn2C)CC1. The van der Waals surface area contributed by atoms with Gasteiger partial charge in [0, 0.05) is 33.2 Å². The third-order valence-corrected chi connectivity index (χ3v) is 4.37. The molecule has 0 bridgehead atoms. The average molecular weight is 335 g/mol. The fraction of sp³-hybridized carbons (Fsp3) is 0.375. The highest BCUT2D eigenvalue weighted by atomic mass is 35.5. The number of hydrogen-bond donors (Lipinski definition) is 0. The van der Waals surface area contributed by atoms with E-state index < -0.39 is 0 Å². The highest BCUT2D eigenvalue weighted by Gasteiger charge is 2.26. The molecule has 6 nitrogen and oxygen atoms in total. The third-order valence-electron chi connectivity index (χ3n) is 4.09. The number of aryl methyl sites for hydroxylation is 1.